The van der Waals surface area contributed by atoms with Gasteiger partial charge in [-0.25, -0.2) is 0 Å². The number of methoxy groups -OCH3 is 2. The van der Waals surface area contributed by atoms with Gasteiger partial charge in [-0.2, -0.15) is 0 Å². The number of rotatable bonds is 5. The third-order valence-electron chi connectivity index (χ3n) is 3.68. The Balaban J connectivity index is 2.29. The zero-order valence-electron chi connectivity index (χ0n) is 12.5. The van der Waals surface area contributed by atoms with E-state index in [-0.39, 0.29) is 11.7 Å². The molecule has 0 radical (unpaired) electrons. The Hall–Kier alpha value is -2.02. The molecule has 1 saturated heterocycles. The molecule has 1 heterocycles. The summed E-state index contributed by atoms with van der Waals surface area (Å²) in [6.45, 7) is 3.01. The molecular weight excluding hydrogens is 274 g/mol. The SMILES string of the molecule is COc1cc(NC2CCNC(C)C2)c([N+](=O)[O-])cc1OC. The van der Waals surface area contributed by atoms with E-state index in [2.05, 4.69) is 17.6 Å². The normalized spacial score (nSPS) is 21.7. The van der Waals surface area contributed by atoms with Crippen LogP contribution in [0.15, 0.2) is 12.1 Å². The number of nitro benzene ring substituents is 1. The fourth-order valence-corrected chi connectivity index (χ4v) is 2.62. The van der Waals surface area contributed by atoms with Crippen molar-refractivity contribution in [1.29, 1.82) is 0 Å². The molecular formula is C14H21N3O4. The number of nitro groups is 1. The van der Waals surface area contributed by atoms with Gasteiger partial charge in [-0.1, -0.05) is 0 Å². The van der Waals surface area contributed by atoms with Gasteiger partial charge in [-0.15, -0.1) is 0 Å². The fraction of sp³-hybridized carbons (Fsp3) is 0.571. The molecule has 1 aliphatic heterocycles. The van der Waals surface area contributed by atoms with Crippen LogP contribution in [0.3, 0.4) is 0 Å². The molecule has 0 bridgehead atoms. The van der Waals surface area contributed by atoms with Gasteiger partial charge in [0.25, 0.3) is 5.69 Å². The van der Waals surface area contributed by atoms with Gasteiger partial charge in [0.2, 0.25) is 0 Å². The average molecular weight is 295 g/mol. The third kappa shape index (κ3) is 3.55. The first-order valence-corrected chi connectivity index (χ1v) is 6.95. The summed E-state index contributed by atoms with van der Waals surface area (Å²) in [5.74, 6) is 0.834. The minimum absolute atomic E-state index is 0.00108. The largest absolute Gasteiger partial charge is 0.493 e. The second-order valence-corrected chi connectivity index (χ2v) is 5.20. The van der Waals surface area contributed by atoms with E-state index in [0.29, 0.717) is 23.2 Å². The molecule has 116 valence electrons. The number of nitrogens with zero attached hydrogens (tertiary/aromatic N) is 1. The predicted molar refractivity (Wildman–Crippen MR) is 80.3 cm³/mol. The van der Waals surface area contributed by atoms with Crippen molar-refractivity contribution in [2.75, 3.05) is 26.1 Å². The van der Waals surface area contributed by atoms with Gasteiger partial charge in [0.05, 0.1) is 25.2 Å². The first kappa shape index (κ1) is 15.4. The van der Waals surface area contributed by atoms with Crippen molar-refractivity contribution in [2.45, 2.75) is 31.8 Å². The van der Waals surface area contributed by atoms with E-state index >= 15 is 0 Å². The minimum atomic E-state index is -0.408. The Bertz CT molecular complexity index is 521. The maximum atomic E-state index is 11.3. The van der Waals surface area contributed by atoms with Gasteiger partial charge in [0.1, 0.15) is 5.69 Å². The maximum absolute atomic E-state index is 11.3. The van der Waals surface area contributed by atoms with E-state index in [4.69, 9.17) is 9.47 Å². The Morgan fingerprint density at radius 3 is 2.57 bits per heavy atom. The van der Waals surface area contributed by atoms with Gasteiger partial charge in [-0.3, -0.25) is 10.1 Å². The van der Waals surface area contributed by atoms with Crippen LogP contribution in [0.4, 0.5) is 11.4 Å². The average Bonchev–Trinajstić information content (AvgIpc) is 2.46. The van der Waals surface area contributed by atoms with Crippen molar-refractivity contribution in [3.63, 3.8) is 0 Å². The van der Waals surface area contributed by atoms with Gasteiger partial charge in [-0.05, 0) is 26.3 Å². The second-order valence-electron chi connectivity index (χ2n) is 5.20. The van der Waals surface area contributed by atoms with Crippen molar-refractivity contribution in [2.24, 2.45) is 0 Å². The lowest BCUT2D eigenvalue weighted by Gasteiger charge is -2.29. The summed E-state index contributed by atoms with van der Waals surface area (Å²) in [7, 11) is 2.98. The molecule has 0 saturated carbocycles. The lowest BCUT2D eigenvalue weighted by atomic mass is 10.00. The third-order valence-corrected chi connectivity index (χ3v) is 3.68. The number of benzene rings is 1. The Kier molecular flexibility index (Phi) is 4.85. The van der Waals surface area contributed by atoms with Crippen LogP contribution < -0.4 is 20.1 Å². The first-order valence-electron chi connectivity index (χ1n) is 6.95. The summed E-state index contributed by atoms with van der Waals surface area (Å²) in [5.41, 5.74) is 0.468. The summed E-state index contributed by atoms with van der Waals surface area (Å²) in [6.07, 6.45) is 1.85. The lowest BCUT2D eigenvalue weighted by Crippen LogP contribution is -2.41. The van der Waals surface area contributed by atoms with E-state index in [1.54, 1.807) is 6.07 Å². The van der Waals surface area contributed by atoms with Crippen LogP contribution in [0.5, 0.6) is 11.5 Å². The number of piperidine rings is 1. The number of anilines is 1. The molecule has 1 aromatic carbocycles. The van der Waals surface area contributed by atoms with Crippen LogP contribution >= 0.6 is 0 Å². The van der Waals surface area contributed by atoms with Gasteiger partial charge < -0.3 is 20.1 Å². The second kappa shape index (κ2) is 6.62. The standard InChI is InChI=1S/C14H21N3O4/c1-9-6-10(4-5-15-9)16-11-7-13(20-2)14(21-3)8-12(11)17(18)19/h7-10,15-16H,4-6H2,1-3H3. The zero-order valence-corrected chi connectivity index (χ0v) is 12.5. The predicted octanol–water partition coefficient (Wildman–Crippen LogP) is 2.16. The van der Waals surface area contributed by atoms with Crippen LogP contribution in [-0.2, 0) is 0 Å². The van der Waals surface area contributed by atoms with Gasteiger partial charge in [0, 0.05) is 18.2 Å². The molecule has 2 rings (SSSR count). The topological polar surface area (TPSA) is 85.7 Å². The van der Waals surface area contributed by atoms with Crippen molar-refractivity contribution < 1.29 is 14.4 Å². The number of hydrogen-bond acceptors (Lipinski definition) is 6. The van der Waals surface area contributed by atoms with Gasteiger partial charge >= 0.3 is 0 Å². The van der Waals surface area contributed by atoms with Gasteiger partial charge in [0.15, 0.2) is 11.5 Å². The molecule has 21 heavy (non-hydrogen) atoms. The van der Waals surface area contributed by atoms with Crippen molar-refractivity contribution in [3.05, 3.63) is 22.2 Å². The smallest absolute Gasteiger partial charge is 0.296 e. The lowest BCUT2D eigenvalue weighted by molar-refractivity contribution is -0.384. The highest BCUT2D eigenvalue weighted by Gasteiger charge is 2.24. The molecule has 0 aromatic heterocycles. The van der Waals surface area contributed by atoms with E-state index in [0.717, 1.165) is 19.4 Å². The molecule has 1 fully saturated rings. The summed E-state index contributed by atoms with van der Waals surface area (Å²) in [5, 5.41) is 17.9. The molecule has 1 aromatic rings. The van der Waals surface area contributed by atoms with E-state index in [9.17, 15) is 10.1 Å². The van der Waals surface area contributed by atoms with Crippen LogP contribution in [0.1, 0.15) is 19.8 Å². The van der Waals surface area contributed by atoms with Crippen LogP contribution in [0.2, 0.25) is 0 Å². The molecule has 0 aliphatic carbocycles. The Morgan fingerprint density at radius 2 is 2.00 bits per heavy atom. The molecule has 0 spiro atoms. The van der Waals surface area contributed by atoms with E-state index in [1.165, 1.54) is 20.3 Å². The molecule has 0 amide bonds. The summed E-state index contributed by atoms with van der Waals surface area (Å²) in [4.78, 5) is 10.8. The molecule has 1 aliphatic rings. The highest BCUT2D eigenvalue weighted by molar-refractivity contribution is 5.68. The minimum Gasteiger partial charge on any atom is -0.493 e. The van der Waals surface area contributed by atoms with E-state index < -0.39 is 4.92 Å². The van der Waals surface area contributed by atoms with Crippen LogP contribution in [0, 0.1) is 10.1 Å². The fourth-order valence-electron chi connectivity index (χ4n) is 2.62. The zero-order chi connectivity index (χ0) is 15.4. The number of hydrogen-bond donors (Lipinski definition) is 2. The molecule has 2 unspecified atom stereocenters. The number of nitrogens with one attached hydrogen (secondary N) is 2. The molecule has 2 atom stereocenters. The first-order chi connectivity index (χ1) is 10.0. The Labute approximate surface area is 123 Å². The molecule has 2 N–H and O–H groups in total. The molecule has 7 heteroatoms. The van der Waals surface area contributed by atoms with E-state index in [1.807, 2.05) is 0 Å². The highest BCUT2D eigenvalue weighted by Crippen LogP contribution is 2.38. The van der Waals surface area contributed by atoms with Crippen molar-refractivity contribution >= 4 is 11.4 Å². The quantitative estimate of drug-likeness (QED) is 0.639. The summed E-state index contributed by atoms with van der Waals surface area (Å²) >= 11 is 0. The van der Waals surface area contributed by atoms with Crippen LogP contribution in [-0.4, -0.2) is 37.8 Å². The monoisotopic (exact) mass is 295 g/mol. The highest BCUT2D eigenvalue weighted by atomic mass is 16.6. The Morgan fingerprint density at radius 1 is 1.33 bits per heavy atom. The van der Waals surface area contributed by atoms with Crippen molar-refractivity contribution in [3.8, 4) is 11.5 Å². The molecule has 7 nitrogen and oxygen atoms in total. The summed E-state index contributed by atoms with van der Waals surface area (Å²) in [6, 6.07) is 3.63. The van der Waals surface area contributed by atoms with Crippen LogP contribution in [0.25, 0.3) is 0 Å². The van der Waals surface area contributed by atoms with Crippen molar-refractivity contribution in [1.82, 2.24) is 5.32 Å². The summed E-state index contributed by atoms with van der Waals surface area (Å²) < 4.78 is 10.3. The maximum Gasteiger partial charge on any atom is 0.296 e. The number of ether oxygens (including phenoxy) is 2.